The molecule has 0 spiro atoms. The minimum atomic E-state index is -0.615. The second-order valence-electron chi connectivity index (χ2n) is 6.58. The van der Waals surface area contributed by atoms with Crippen molar-refractivity contribution in [3.63, 3.8) is 0 Å². The maximum absolute atomic E-state index is 12.1. The first-order valence-electron chi connectivity index (χ1n) is 9.19. The van der Waals surface area contributed by atoms with E-state index in [1.165, 1.54) is 24.6 Å². The molecule has 28 heavy (non-hydrogen) atoms. The molecule has 1 aromatic heterocycles. The van der Waals surface area contributed by atoms with Gasteiger partial charge in [0.05, 0.1) is 4.92 Å². The number of hydrogen-bond donors (Lipinski definition) is 2. The smallest absolute Gasteiger partial charge is 0.315 e. The Balaban J connectivity index is 1.46. The minimum absolute atomic E-state index is 0.0344. The fourth-order valence-electron chi connectivity index (χ4n) is 3.20. The maximum atomic E-state index is 12.1. The van der Waals surface area contributed by atoms with Crippen molar-refractivity contribution in [3.05, 3.63) is 51.7 Å². The third kappa shape index (κ3) is 4.70. The van der Waals surface area contributed by atoms with E-state index in [1.807, 2.05) is 0 Å². The Bertz CT molecular complexity index is 860. The van der Waals surface area contributed by atoms with Crippen molar-refractivity contribution in [3.8, 4) is 0 Å². The van der Waals surface area contributed by atoms with Crippen molar-refractivity contribution in [2.45, 2.75) is 38.0 Å². The number of carbonyl (C=O) groups excluding carboxylic acids is 2. The largest absolute Gasteiger partial charge is 0.350 e. The van der Waals surface area contributed by atoms with Gasteiger partial charge in [-0.3, -0.25) is 19.7 Å². The Morgan fingerprint density at radius 2 is 1.79 bits per heavy atom. The zero-order valence-electron chi connectivity index (χ0n) is 15.2. The van der Waals surface area contributed by atoms with E-state index in [2.05, 4.69) is 20.8 Å². The monoisotopic (exact) mass is 387 g/mol. The third-order valence-corrected chi connectivity index (χ3v) is 4.65. The summed E-state index contributed by atoms with van der Waals surface area (Å²) in [6, 6.07) is 5.66. The van der Waals surface area contributed by atoms with Crippen LogP contribution < -0.4 is 10.6 Å². The molecule has 0 radical (unpaired) electrons. The van der Waals surface area contributed by atoms with Crippen LogP contribution in [0.25, 0.3) is 0 Å². The summed E-state index contributed by atoms with van der Waals surface area (Å²) in [6.07, 6.45) is 5.45. The fourth-order valence-corrected chi connectivity index (χ4v) is 3.20. The summed E-state index contributed by atoms with van der Waals surface area (Å²) in [5.41, 5.74) is -0.307. The Hall–Kier alpha value is -3.30. The molecule has 10 heteroatoms. The first-order chi connectivity index (χ1) is 13.6. The quantitative estimate of drug-likeness (QED) is 0.421. The normalized spacial score (nSPS) is 14.4. The van der Waals surface area contributed by atoms with E-state index in [9.17, 15) is 19.7 Å². The number of nitro benzene ring substituents is 1. The molecule has 10 nitrogen and oxygen atoms in total. The summed E-state index contributed by atoms with van der Waals surface area (Å²) in [7, 11) is 0. The Kier molecular flexibility index (Phi) is 6.30. The number of amides is 2. The average molecular weight is 387 g/mol. The van der Waals surface area contributed by atoms with Crippen molar-refractivity contribution in [1.82, 2.24) is 20.8 Å². The van der Waals surface area contributed by atoms with Crippen molar-refractivity contribution in [1.29, 1.82) is 0 Å². The molecule has 0 aliphatic heterocycles. The summed E-state index contributed by atoms with van der Waals surface area (Å²) >= 11 is 0. The van der Waals surface area contributed by atoms with E-state index in [1.54, 1.807) is 6.07 Å². The van der Waals surface area contributed by atoms with Crippen LogP contribution in [0.3, 0.4) is 0 Å². The number of hydrogen-bond acceptors (Lipinski definition) is 7. The van der Waals surface area contributed by atoms with Gasteiger partial charge in [0, 0.05) is 25.1 Å². The van der Waals surface area contributed by atoms with Gasteiger partial charge in [0.2, 0.25) is 0 Å². The molecule has 2 aromatic rings. The van der Waals surface area contributed by atoms with E-state index >= 15 is 0 Å². The molecule has 2 amide bonds. The third-order valence-electron chi connectivity index (χ3n) is 4.65. The summed E-state index contributed by atoms with van der Waals surface area (Å²) in [6.45, 7) is 0.215. The number of carbonyl (C=O) groups is 2. The second-order valence-corrected chi connectivity index (χ2v) is 6.58. The number of para-hydroxylation sites is 1. The number of aromatic nitrogens is 2. The van der Waals surface area contributed by atoms with E-state index < -0.39 is 16.7 Å². The molecule has 2 N–H and O–H groups in total. The zero-order valence-corrected chi connectivity index (χ0v) is 15.2. The SMILES string of the molecule is O=C(NCCNC(=O)c1ccccc1[N+](=O)[O-])c1nc(C2CCCCC2)no1. The lowest BCUT2D eigenvalue weighted by Crippen LogP contribution is -2.35. The lowest BCUT2D eigenvalue weighted by atomic mass is 9.89. The summed E-state index contributed by atoms with van der Waals surface area (Å²) in [4.78, 5) is 38.7. The molecular formula is C18H21N5O5. The van der Waals surface area contributed by atoms with Gasteiger partial charge in [-0.1, -0.05) is 36.6 Å². The first kappa shape index (κ1) is 19.5. The number of rotatable bonds is 7. The minimum Gasteiger partial charge on any atom is -0.350 e. The molecule has 3 rings (SSSR count). The Labute approximate surface area is 160 Å². The maximum Gasteiger partial charge on any atom is 0.315 e. The van der Waals surface area contributed by atoms with Gasteiger partial charge in [0.15, 0.2) is 5.82 Å². The van der Waals surface area contributed by atoms with E-state index in [-0.39, 0.29) is 36.1 Å². The molecule has 0 bridgehead atoms. The van der Waals surface area contributed by atoms with Crippen molar-refractivity contribution in [2.75, 3.05) is 13.1 Å². The van der Waals surface area contributed by atoms with Crippen LogP contribution >= 0.6 is 0 Å². The van der Waals surface area contributed by atoms with Crippen LogP contribution in [0.15, 0.2) is 28.8 Å². The summed E-state index contributed by atoms with van der Waals surface area (Å²) in [5, 5.41) is 20.0. The van der Waals surface area contributed by atoms with Crippen molar-refractivity contribution >= 4 is 17.5 Å². The van der Waals surface area contributed by atoms with E-state index in [0.29, 0.717) is 5.82 Å². The van der Waals surface area contributed by atoms with Gasteiger partial charge < -0.3 is 15.2 Å². The van der Waals surface area contributed by atoms with Crippen LogP contribution in [-0.2, 0) is 0 Å². The van der Waals surface area contributed by atoms with Gasteiger partial charge >= 0.3 is 11.8 Å². The van der Waals surface area contributed by atoms with Gasteiger partial charge in [-0.2, -0.15) is 4.98 Å². The van der Waals surface area contributed by atoms with Crippen LogP contribution in [0, 0.1) is 10.1 Å². The summed E-state index contributed by atoms with van der Waals surface area (Å²) in [5.74, 6) is -0.409. The lowest BCUT2D eigenvalue weighted by molar-refractivity contribution is -0.385. The van der Waals surface area contributed by atoms with E-state index in [4.69, 9.17) is 4.52 Å². The molecule has 0 unspecified atom stereocenters. The van der Waals surface area contributed by atoms with Crippen LogP contribution in [-0.4, -0.2) is 40.0 Å². The van der Waals surface area contributed by atoms with Gasteiger partial charge in [0.1, 0.15) is 5.56 Å². The number of nitro groups is 1. The predicted octanol–water partition coefficient (Wildman–Crippen LogP) is 2.19. The van der Waals surface area contributed by atoms with E-state index in [0.717, 1.165) is 25.7 Å². The number of benzene rings is 1. The molecule has 1 saturated carbocycles. The zero-order chi connectivity index (χ0) is 19.9. The highest BCUT2D eigenvalue weighted by molar-refractivity contribution is 5.98. The standard InChI is InChI=1S/C18H21N5O5/c24-16(13-8-4-5-9-14(13)23(26)27)19-10-11-20-17(25)18-21-15(22-28-18)12-6-2-1-3-7-12/h4-5,8-9,12H,1-3,6-7,10-11H2,(H,19,24)(H,20,25). The number of nitrogens with one attached hydrogen (secondary N) is 2. The number of nitrogens with zero attached hydrogens (tertiary/aromatic N) is 3. The highest BCUT2D eigenvalue weighted by Gasteiger charge is 2.23. The molecule has 1 aliphatic rings. The fraction of sp³-hybridized carbons (Fsp3) is 0.444. The molecule has 1 fully saturated rings. The molecular weight excluding hydrogens is 366 g/mol. The van der Waals surface area contributed by atoms with Gasteiger partial charge in [-0.25, -0.2) is 0 Å². The molecule has 0 atom stereocenters. The van der Waals surface area contributed by atoms with Gasteiger partial charge in [0.25, 0.3) is 11.6 Å². The average Bonchev–Trinajstić information content (AvgIpc) is 3.22. The predicted molar refractivity (Wildman–Crippen MR) is 97.9 cm³/mol. The Morgan fingerprint density at radius 3 is 2.50 bits per heavy atom. The highest BCUT2D eigenvalue weighted by Crippen LogP contribution is 2.30. The van der Waals surface area contributed by atoms with Crippen LogP contribution in [0.4, 0.5) is 5.69 Å². The molecule has 0 saturated heterocycles. The first-order valence-corrected chi connectivity index (χ1v) is 9.19. The van der Waals surface area contributed by atoms with Gasteiger partial charge in [-0.05, 0) is 18.9 Å². The molecule has 1 heterocycles. The lowest BCUT2D eigenvalue weighted by Gasteiger charge is -2.17. The highest BCUT2D eigenvalue weighted by atomic mass is 16.6. The van der Waals surface area contributed by atoms with Crippen LogP contribution in [0.5, 0.6) is 0 Å². The molecule has 1 aromatic carbocycles. The van der Waals surface area contributed by atoms with Crippen LogP contribution in [0.1, 0.15) is 64.9 Å². The van der Waals surface area contributed by atoms with Crippen LogP contribution in [0.2, 0.25) is 0 Å². The topological polar surface area (TPSA) is 140 Å². The Morgan fingerprint density at radius 1 is 1.11 bits per heavy atom. The summed E-state index contributed by atoms with van der Waals surface area (Å²) < 4.78 is 5.03. The second kappa shape index (κ2) is 9.07. The molecule has 148 valence electrons. The molecule has 1 aliphatic carbocycles. The van der Waals surface area contributed by atoms with Gasteiger partial charge in [-0.15, -0.1) is 0 Å². The van der Waals surface area contributed by atoms with Crippen molar-refractivity contribution in [2.24, 2.45) is 0 Å². The van der Waals surface area contributed by atoms with Crippen molar-refractivity contribution < 1.29 is 19.0 Å².